The van der Waals surface area contributed by atoms with Crippen LogP contribution in [0.2, 0.25) is 0 Å². The number of halogens is 1. The van der Waals surface area contributed by atoms with E-state index in [0.29, 0.717) is 0 Å². The molecule has 0 amide bonds. The van der Waals surface area contributed by atoms with Gasteiger partial charge in [-0.15, -0.1) is 11.8 Å². The van der Waals surface area contributed by atoms with E-state index >= 15 is 0 Å². The smallest absolute Gasteiger partial charge is 0.0253 e. The molecule has 20 heavy (non-hydrogen) atoms. The van der Waals surface area contributed by atoms with Crippen LogP contribution in [0.3, 0.4) is 0 Å². The van der Waals surface area contributed by atoms with Gasteiger partial charge in [-0.3, -0.25) is 0 Å². The Labute approximate surface area is 132 Å². The monoisotopic (exact) mass is 342 g/mol. The molecule has 0 nitrogen and oxygen atoms in total. The molecule has 0 fully saturated rings. The predicted octanol–water partition coefficient (Wildman–Crippen LogP) is 6.20. The molecular formula is C18H15BrS. The van der Waals surface area contributed by atoms with E-state index in [0.717, 1.165) is 10.2 Å². The molecule has 3 aromatic carbocycles. The number of thioether (sulfide) groups is 1. The Morgan fingerprint density at radius 3 is 2.65 bits per heavy atom. The highest BCUT2D eigenvalue weighted by molar-refractivity contribution is 9.10. The van der Waals surface area contributed by atoms with Crippen LogP contribution in [0.15, 0.2) is 70.0 Å². The molecule has 0 aliphatic carbocycles. The summed E-state index contributed by atoms with van der Waals surface area (Å²) in [7, 11) is 0. The van der Waals surface area contributed by atoms with Crippen LogP contribution < -0.4 is 0 Å². The molecule has 0 radical (unpaired) electrons. The van der Waals surface area contributed by atoms with Gasteiger partial charge in [0.15, 0.2) is 0 Å². The van der Waals surface area contributed by atoms with Crippen LogP contribution in [0.5, 0.6) is 0 Å². The molecule has 0 bridgehead atoms. The number of aryl methyl sites for hydroxylation is 1. The first-order valence-corrected chi connectivity index (χ1v) is 8.37. The minimum Gasteiger partial charge on any atom is -0.121 e. The summed E-state index contributed by atoms with van der Waals surface area (Å²) >= 11 is 5.49. The maximum atomic E-state index is 3.60. The number of hydrogen-bond acceptors (Lipinski definition) is 1. The predicted molar refractivity (Wildman–Crippen MR) is 92.4 cm³/mol. The van der Waals surface area contributed by atoms with Gasteiger partial charge in [0.1, 0.15) is 0 Å². The van der Waals surface area contributed by atoms with E-state index < -0.39 is 0 Å². The average molecular weight is 343 g/mol. The van der Waals surface area contributed by atoms with Crippen molar-refractivity contribution in [2.24, 2.45) is 0 Å². The van der Waals surface area contributed by atoms with Gasteiger partial charge in [-0.1, -0.05) is 64.0 Å². The SMILES string of the molecule is Cc1cccc(CSc2ccc3c(Br)cccc3c2)c1. The van der Waals surface area contributed by atoms with Gasteiger partial charge < -0.3 is 0 Å². The molecule has 0 saturated heterocycles. The fraction of sp³-hybridized carbons (Fsp3) is 0.111. The number of benzene rings is 3. The lowest BCUT2D eigenvalue weighted by Crippen LogP contribution is -1.82. The Balaban J connectivity index is 1.81. The summed E-state index contributed by atoms with van der Waals surface area (Å²) < 4.78 is 1.16. The average Bonchev–Trinajstić information content (AvgIpc) is 2.45. The summed E-state index contributed by atoms with van der Waals surface area (Å²) in [6.07, 6.45) is 0. The van der Waals surface area contributed by atoms with E-state index in [-0.39, 0.29) is 0 Å². The molecule has 0 spiro atoms. The summed E-state index contributed by atoms with van der Waals surface area (Å²) in [5.74, 6) is 1.02. The van der Waals surface area contributed by atoms with E-state index in [9.17, 15) is 0 Å². The molecule has 0 atom stereocenters. The van der Waals surface area contributed by atoms with E-state index in [4.69, 9.17) is 0 Å². The highest BCUT2D eigenvalue weighted by Gasteiger charge is 2.01. The molecular weight excluding hydrogens is 328 g/mol. The van der Waals surface area contributed by atoms with Crippen LogP contribution in [0.1, 0.15) is 11.1 Å². The Hall–Kier alpha value is -1.25. The lowest BCUT2D eigenvalue weighted by atomic mass is 10.1. The van der Waals surface area contributed by atoms with Crippen molar-refractivity contribution in [2.75, 3.05) is 0 Å². The zero-order chi connectivity index (χ0) is 13.9. The van der Waals surface area contributed by atoms with Crippen molar-refractivity contribution in [3.8, 4) is 0 Å². The zero-order valence-corrected chi connectivity index (χ0v) is 13.7. The molecule has 0 aromatic heterocycles. The number of hydrogen-bond donors (Lipinski definition) is 0. The van der Waals surface area contributed by atoms with Crippen molar-refractivity contribution < 1.29 is 0 Å². The quantitative estimate of drug-likeness (QED) is 0.510. The minimum atomic E-state index is 1.02. The van der Waals surface area contributed by atoms with Gasteiger partial charge in [-0.2, -0.15) is 0 Å². The van der Waals surface area contributed by atoms with Gasteiger partial charge in [0, 0.05) is 15.1 Å². The van der Waals surface area contributed by atoms with Gasteiger partial charge in [0.05, 0.1) is 0 Å². The van der Waals surface area contributed by atoms with Gasteiger partial charge in [-0.05, 0) is 41.5 Å². The summed E-state index contributed by atoms with van der Waals surface area (Å²) in [6.45, 7) is 2.14. The first kappa shape index (κ1) is 13.7. The number of fused-ring (bicyclic) bond motifs is 1. The fourth-order valence-corrected chi connectivity index (χ4v) is 3.68. The van der Waals surface area contributed by atoms with Gasteiger partial charge >= 0.3 is 0 Å². The van der Waals surface area contributed by atoms with Crippen molar-refractivity contribution >= 4 is 38.5 Å². The summed E-state index contributed by atoms with van der Waals surface area (Å²) in [5, 5.41) is 2.56. The molecule has 2 heteroatoms. The van der Waals surface area contributed by atoms with Gasteiger partial charge in [-0.25, -0.2) is 0 Å². The molecule has 0 aliphatic heterocycles. The Morgan fingerprint density at radius 2 is 1.80 bits per heavy atom. The zero-order valence-electron chi connectivity index (χ0n) is 11.3. The second kappa shape index (κ2) is 6.02. The van der Waals surface area contributed by atoms with E-state index in [1.807, 2.05) is 11.8 Å². The maximum absolute atomic E-state index is 3.60. The van der Waals surface area contributed by atoms with Crippen LogP contribution in [-0.4, -0.2) is 0 Å². The van der Waals surface area contributed by atoms with Crippen LogP contribution in [-0.2, 0) is 5.75 Å². The topological polar surface area (TPSA) is 0 Å². The van der Waals surface area contributed by atoms with Crippen molar-refractivity contribution in [1.29, 1.82) is 0 Å². The molecule has 0 heterocycles. The van der Waals surface area contributed by atoms with Crippen molar-refractivity contribution in [3.05, 3.63) is 76.3 Å². The molecule has 3 aromatic rings. The summed E-state index contributed by atoms with van der Waals surface area (Å²) in [4.78, 5) is 1.32. The highest BCUT2D eigenvalue weighted by atomic mass is 79.9. The van der Waals surface area contributed by atoms with E-state index in [1.54, 1.807) is 0 Å². The maximum Gasteiger partial charge on any atom is 0.0253 e. The van der Waals surface area contributed by atoms with Crippen molar-refractivity contribution in [2.45, 2.75) is 17.6 Å². The normalized spacial score (nSPS) is 10.9. The molecule has 0 aliphatic rings. The van der Waals surface area contributed by atoms with Crippen LogP contribution in [0, 0.1) is 6.92 Å². The van der Waals surface area contributed by atoms with Crippen molar-refractivity contribution in [1.82, 2.24) is 0 Å². The third-order valence-electron chi connectivity index (χ3n) is 3.29. The Morgan fingerprint density at radius 1 is 0.950 bits per heavy atom. The lowest BCUT2D eigenvalue weighted by molar-refractivity contribution is 1.34. The van der Waals surface area contributed by atoms with Gasteiger partial charge in [0.2, 0.25) is 0 Å². The summed E-state index contributed by atoms with van der Waals surface area (Å²) in [5.41, 5.74) is 2.70. The third kappa shape index (κ3) is 3.08. The second-order valence-electron chi connectivity index (χ2n) is 4.90. The van der Waals surface area contributed by atoms with Crippen molar-refractivity contribution in [3.63, 3.8) is 0 Å². The summed E-state index contributed by atoms with van der Waals surface area (Å²) in [6, 6.07) is 21.7. The molecule has 3 rings (SSSR count). The van der Waals surface area contributed by atoms with Crippen LogP contribution >= 0.6 is 27.7 Å². The Kier molecular flexibility index (Phi) is 4.13. The fourth-order valence-electron chi connectivity index (χ4n) is 2.28. The van der Waals surface area contributed by atoms with Gasteiger partial charge in [0.25, 0.3) is 0 Å². The number of rotatable bonds is 3. The first-order chi connectivity index (χ1) is 9.72. The molecule has 0 N–H and O–H groups in total. The van der Waals surface area contributed by atoms with E-state index in [2.05, 4.69) is 83.5 Å². The standard InChI is InChI=1S/C18H15BrS/c1-13-4-2-5-14(10-13)12-20-16-8-9-17-15(11-16)6-3-7-18(17)19/h2-11H,12H2,1H3. The highest BCUT2D eigenvalue weighted by Crippen LogP contribution is 2.30. The largest absolute Gasteiger partial charge is 0.121 e. The molecule has 0 saturated carbocycles. The third-order valence-corrected chi connectivity index (χ3v) is 5.04. The van der Waals surface area contributed by atoms with E-state index in [1.165, 1.54) is 26.8 Å². The molecule has 100 valence electrons. The Bertz CT molecular complexity index is 749. The molecule has 0 unspecified atom stereocenters. The van der Waals surface area contributed by atoms with Crippen LogP contribution in [0.25, 0.3) is 10.8 Å². The van der Waals surface area contributed by atoms with Crippen LogP contribution in [0.4, 0.5) is 0 Å². The lowest BCUT2D eigenvalue weighted by Gasteiger charge is -2.06. The second-order valence-corrected chi connectivity index (χ2v) is 6.80. The first-order valence-electron chi connectivity index (χ1n) is 6.59. The minimum absolute atomic E-state index is 1.02.